The normalized spacial score (nSPS) is 14.5. The molecule has 26 heavy (non-hydrogen) atoms. The van der Waals surface area contributed by atoms with Gasteiger partial charge in [0.15, 0.2) is 0 Å². The van der Waals surface area contributed by atoms with Crippen LogP contribution in [-0.2, 0) is 9.59 Å². The molecule has 0 saturated heterocycles. The first-order valence-electron chi connectivity index (χ1n) is 9.21. The van der Waals surface area contributed by atoms with Crippen LogP contribution in [0, 0.1) is 0 Å². The molecule has 1 aromatic rings. The summed E-state index contributed by atoms with van der Waals surface area (Å²) in [4.78, 5) is 27.4. The summed E-state index contributed by atoms with van der Waals surface area (Å²) in [7, 11) is 0. The van der Waals surface area contributed by atoms with Crippen LogP contribution in [0.3, 0.4) is 0 Å². The Morgan fingerprint density at radius 3 is 2.38 bits per heavy atom. The minimum atomic E-state index is -0.242. The van der Waals surface area contributed by atoms with Crippen LogP contribution in [0.4, 0.5) is 0 Å². The summed E-state index contributed by atoms with van der Waals surface area (Å²) in [6.07, 6.45) is 4.03. The molecule has 2 rings (SSSR count). The fourth-order valence-corrected chi connectivity index (χ4v) is 3.75. The highest BCUT2D eigenvalue weighted by Crippen LogP contribution is 2.36. The zero-order valence-corrected chi connectivity index (χ0v) is 16.3. The Balaban J connectivity index is 2.23. The van der Waals surface area contributed by atoms with Gasteiger partial charge in [0.25, 0.3) is 11.8 Å². The number of aliphatic hydroxyl groups excluding tert-OH is 1. The molecule has 1 aromatic carbocycles. The number of amides is 2. The van der Waals surface area contributed by atoms with Gasteiger partial charge in [0, 0.05) is 12.3 Å². The number of unbranched alkanes of at least 4 members (excludes halogenated alkanes) is 3. The Bertz CT molecular complexity index is 654. The third-order valence-electron chi connectivity index (χ3n) is 4.15. The van der Waals surface area contributed by atoms with Gasteiger partial charge in [-0.05, 0) is 31.0 Å². The van der Waals surface area contributed by atoms with E-state index >= 15 is 0 Å². The molecule has 0 atom stereocenters. The highest BCUT2D eigenvalue weighted by molar-refractivity contribution is 8.04. The Hall–Kier alpha value is -1.79. The number of ether oxygens (including phenoxy) is 1. The molecule has 1 heterocycles. The monoisotopic (exact) mass is 377 g/mol. The minimum absolute atomic E-state index is 0.0390. The molecule has 0 spiro atoms. The minimum Gasteiger partial charge on any atom is -0.494 e. The molecule has 0 aromatic heterocycles. The van der Waals surface area contributed by atoms with Crippen LogP contribution in [0.1, 0.15) is 45.1 Å². The molecular weight excluding hydrogens is 350 g/mol. The van der Waals surface area contributed by atoms with Crippen LogP contribution < -0.4 is 4.74 Å². The molecule has 0 bridgehead atoms. The second kappa shape index (κ2) is 10.4. The van der Waals surface area contributed by atoms with E-state index in [0.717, 1.165) is 31.4 Å². The lowest BCUT2D eigenvalue weighted by molar-refractivity contribution is -0.136. The van der Waals surface area contributed by atoms with E-state index in [1.54, 1.807) is 0 Å². The highest BCUT2D eigenvalue weighted by Gasteiger charge is 2.38. The van der Waals surface area contributed by atoms with Gasteiger partial charge in [-0.3, -0.25) is 14.5 Å². The average Bonchev–Trinajstić information content (AvgIpc) is 2.88. The lowest BCUT2D eigenvalue weighted by Crippen LogP contribution is -2.32. The van der Waals surface area contributed by atoms with Gasteiger partial charge >= 0.3 is 0 Å². The molecule has 6 heteroatoms. The number of aliphatic hydroxyl groups is 1. The van der Waals surface area contributed by atoms with Gasteiger partial charge in [0.05, 0.1) is 23.7 Å². The number of carbonyl (C=O) groups is 2. The topological polar surface area (TPSA) is 66.8 Å². The first-order chi connectivity index (χ1) is 12.6. The quantitative estimate of drug-likeness (QED) is 0.472. The molecular formula is C20H27NO4S. The smallest absolute Gasteiger partial charge is 0.267 e. The number of benzene rings is 1. The molecule has 0 saturated carbocycles. The fourth-order valence-electron chi connectivity index (χ4n) is 2.87. The number of rotatable bonds is 11. The summed E-state index contributed by atoms with van der Waals surface area (Å²) < 4.78 is 5.44. The van der Waals surface area contributed by atoms with Gasteiger partial charge in [-0.1, -0.05) is 38.3 Å². The summed E-state index contributed by atoms with van der Waals surface area (Å²) in [5, 5.41) is 9.13. The van der Waals surface area contributed by atoms with Gasteiger partial charge in [-0.2, -0.15) is 0 Å². The summed E-state index contributed by atoms with van der Waals surface area (Å²) in [6, 6.07) is 7.24. The summed E-state index contributed by atoms with van der Waals surface area (Å²) in [6.45, 7) is 5.02. The molecule has 5 nitrogen and oxygen atoms in total. The predicted octanol–water partition coefficient (Wildman–Crippen LogP) is 3.47. The Kier molecular flexibility index (Phi) is 8.19. The van der Waals surface area contributed by atoms with E-state index in [9.17, 15) is 9.59 Å². The van der Waals surface area contributed by atoms with E-state index < -0.39 is 0 Å². The first-order valence-corrected chi connectivity index (χ1v) is 10.2. The van der Waals surface area contributed by atoms with Crippen LogP contribution >= 0.6 is 11.8 Å². The van der Waals surface area contributed by atoms with Gasteiger partial charge in [0.2, 0.25) is 0 Å². The number of thioether (sulfide) groups is 1. The number of imide groups is 1. The fraction of sp³-hybridized carbons (Fsp3) is 0.500. The third kappa shape index (κ3) is 4.89. The zero-order valence-electron chi connectivity index (χ0n) is 15.5. The number of nitrogens with zero attached hydrogens (tertiary/aromatic N) is 1. The van der Waals surface area contributed by atoms with Gasteiger partial charge < -0.3 is 9.84 Å². The second-order valence-electron chi connectivity index (χ2n) is 6.06. The maximum absolute atomic E-state index is 12.9. The summed E-state index contributed by atoms with van der Waals surface area (Å²) >= 11 is 1.25. The van der Waals surface area contributed by atoms with Crippen molar-refractivity contribution in [2.24, 2.45) is 0 Å². The van der Waals surface area contributed by atoms with E-state index in [1.807, 2.05) is 31.2 Å². The molecule has 2 amide bonds. The van der Waals surface area contributed by atoms with Crippen LogP contribution in [-0.4, -0.2) is 47.3 Å². The van der Waals surface area contributed by atoms with Crippen LogP contribution in [0.2, 0.25) is 0 Å². The van der Waals surface area contributed by atoms with E-state index in [2.05, 4.69) is 6.92 Å². The Morgan fingerprint density at radius 1 is 1.04 bits per heavy atom. The van der Waals surface area contributed by atoms with Crippen molar-refractivity contribution in [3.05, 3.63) is 34.7 Å². The predicted molar refractivity (Wildman–Crippen MR) is 105 cm³/mol. The van der Waals surface area contributed by atoms with Crippen LogP contribution in [0.25, 0.3) is 5.57 Å². The first kappa shape index (κ1) is 20.5. The van der Waals surface area contributed by atoms with Crippen molar-refractivity contribution < 1.29 is 19.4 Å². The van der Waals surface area contributed by atoms with E-state index in [4.69, 9.17) is 9.84 Å². The van der Waals surface area contributed by atoms with Crippen LogP contribution in [0.5, 0.6) is 5.75 Å². The summed E-state index contributed by atoms with van der Waals surface area (Å²) in [5.74, 6) is 0.637. The van der Waals surface area contributed by atoms with Crippen molar-refractivity contribution in [3.63, 3.8) is 0 Å². The van der Waals surface area contributed by atoms with E-state index in [1.165, 1.54) is 16.7 Å². The van der Waals surface area contributed by atoms with E-state index in [0.29, 0.717) is 34.9 Å². The van der Waals surface area contributed by atoms with Gasteiger partial charge in [-0.25, -0.2) is 0 Å². The third-order valence-corrected chi connectivity index (χ3v) is 5.21. The molecule has 0 unspecified atom stereocenters. The molecule has 1 N–H and O–H groups in total. The number of carbonyl (C=O) groups excluding carboxylic acids is 2. The van der Waals surface area contributed by atoms with Crippen LogP contribution in [0.15, 0.2) is 29.2 Å². The molecule has 142 valence electrons. The maximum atomic E-state index is 12.9. The summed E-state index contributed by atoms with van der Waals surface area (Å²) in [5.41, 5.74) is 1.15. The Labute approximate surface area is 159 Å². The number of hydrogen-bond acceptors (Lipinski definition) is 5. The second-order valence-corrected chi connectivity index (χ2v) is 7.16. The number of hydrogen-bond donors (Lipinski definition) is 1. The SMILES string of the molecule is CCCCCCN1C(=O)C(SCCO)=C(c2ccc(OCC)cc2)C1=O. The van der Waals surface area contributed by atoms with Crippen molar-refractivity contribution >= 4 is 29.1 Å². The molecule has 0 aliphatic carbocycles. The zero-order chi connectivity index (χ0) is 18.9. The maximum Gasteiger partial charge on any atom is 0.267 e. The van der Waals surface area contributed by atoms with Crippen molar-refractivity contribution in [2.45, 2.75) is 39.5 Å². The Morgan fingerprint density at radius 2 is 1.77 bits per heavy atom. The van der Waals surface area contributed by atoms with Crippen molar-refractivity contribution in [2.75, 3.05) is 25.5 Å². The van der Waals surface area contributed by atoms with Crippen molar-refractivity contribution in [1.82, 2.24) is 4.90 Å². The standard InChI is InChI=1S/C20H27NO4S/c1-3-5-6-7-12-21-19(23)17(18(20(21)24)26-14-13-22)15-8-10-16(11-9-15)25-4-2/h8-11,22H,3-7,12-14H2,1-2H3. The van der Waals surface area contributed by atoms with Gasteiger partial charge in [-0.15, -0.1) is 11.8 Å². The highest BCUT2D eigenvalue weighted by atomic mass is 32.2. The molecule has 0 radical (unpaired) electrons. The average molecular weight is 378 g/mol. The lowest BCUT2D eigenvalue weighted by atomic mass is 10.1. The largest absolute Gasteiger partial charge is 0.494 e. The molecule has 1 aliphatic rings. The lowest BCUT2D eigenvalue weighted by Gasteiger charge is -2.15. The molecule has 0 fully saturated rings. The van der Waals surface area contributed by atoms with Crippen molar-refractivity contribution in [3.8, 4) is 5.75 Å². The molecule has 1 aliphatic heterocycles. The van der Waals surface area contributed by atoms with Gasteiger partial charge in [0.1, 0.15) is 5.75 Å². The van der Waals surface area contributed by atoms with E-state index in [-0.39, 0.29) is 18.4 Å². The van der Waals surface area contributed by atoms with Crippen molar-refractivity contribution in [1.29, 1.82) is 0 Å².